The van der Waals surface area contributed by atoms with E-state index < -0.39 is 0 Å². The second kappa shape index (κ2) is 8.56. The Labute approximate surface area is 144 Å². The Balaban J connectivity index is 1.78. The average Bonchev–Trinajstić information content (AvgIpc) is 2.67. The van der Waals surface area contributed by atoms with E-state index in [1.165, 1.54) is 11.1 Å². The molecule has 1 unspecified atom stereocenters. The Morgan fingerprint density at radius 1 is 0.708 bits per heavy atom. The summed E-state index contributed by atoms with van der Waals surface area (Å²) < 4.78 is 0. The van der Waals surface area contributed by atoms with Crippen LogP contribution in [-0.2, 0) is 0 Å². The van der Waals surface area contributed by atoms with Crippen molar-refractivity contribution in [1.29, 1.82) is 0 Å². The molecule has 24 heavy (non-hydrogen) atoms. The smallest absolute Gasteiger partial charge is 0.0245 e. The first-order chi connectivity index (χ1) is 11.9. The first kappa shape index (κ1) is 15.8. The maximum Gasteiger partial charge on any atom is 0.0245 e. The van der Waals surface area contributed by atoms with Gasteiger partial charge in [0.25, 0.3) is 0 Å². The molecule has 0 saturated carbocycles. The number of benzene rings is 3. The van der Waals surface area contributed by atoms with Crippen LogP contribution < -0.4 is 0 Å². The first-order valence-electron chi connectivity index (χ1n) is 8.24. The molecular weight excluding hydrogens is 288 g/mol. The van der Waals surface area contributed by atoms with Crippen molar-refractivity contribution >= 4 is 6.08 Å². The summed E-state index contributed by atoms with van der Waals surface area (Å²) >= 11 is 0. The van der Waals surface area contributed by atoms with Gasteiger partial charge in [0.15, 0.2) is 0 Å². The van der Waals surface area contributed by atoms with Crippen LogP contribution in [0, 0.1) is 11.8 Å². The second-order valence-corrected chi connectivity index (χ2v) is 5.66. The van der Waals surface area contributed by atoms with Gasteiger partial charge in [-0.3, -0.25) is 0 Å². The highest BCUT2D eigenvalue weighted by Crippen LogP contribution is 2.22. The molecule has 0 nitrogen and oxygen atoms in total. The van der Waals surface area contributed by atoms with Crippen molar-refractivity contribution in [3.63, 3.8) is 0 Å². The predicted octanol–water partition coefficient (Wildman–Crippen LogP) is 5.93. The average molecular weight is 308 g/mol. The van der Waals surface area contributed by atoms with Gasteiger partial charge in [0.2, 0.25) is 0 Å². The fourth-order valence-corrected chi connectivity index (χ4v) is 2.57. The molecule has 116 valence electrons. The summed E-state index contributed by atoms with van der Waals surface area (Å²) in [6, 6.07) is 31.1. The van der Waals surface area contributed by atoms with E-state index in [1.807, 2.05) is 36.4 Å². The van der Waals surface area contributed by atoms with E-state index in [2.05, 4.69) is 78.6 Å². The van der Waals surface area contributed by atoms with Crippen molar-refractivity contribution in [1.82, 2.24) is 0 Å². The van der Waals surface area contributed by atoms with Crippen molar-refractivity contribution < 1.29 is 0 Å². The molecule has 0 spiro atoms. The van der Waals surface area contributed by atoms with Gasteiger partial charge in [0.1, 0.15) is 0 Å². The third-order valence-electron chi connectivity index (χ3n) is 3.88. The summed E-state index contributed by atoms with van der Waals surface area (Å²) in [5.41, 5.74) is 3.58. The van der Waals surface area contributed by atoms with Crippen molar-refractivity contribution in [2.24, 2.45) is 0 Å². The highest BCUT2D eigenvalue weighted by atomic mass is 14.1. The molecule has 0 bridgehead atoms. The predicted molar refractivity (Wildman–Crippen MR) is 103 cm³/mol. The van der Waals surface area contributed by atoms with Crippen LogP contribution in [0.15, 0.2) is 97.1 Å². The minimum Gasteiger partial charge on any atom is -0.0969 e. The summed E-state index contributed by atoms with van der Waals surface area (Å²) in [4.78, 5) is 0. The van der Waals surface area contributed by atoms with Gasteiger partial charge in [-0.1, -0.05) is 103 Å². The highest BCUT2D eigenvalue weighted by Gasteiger charge is 2.05. The fraction of sp³-hybridized carbons (Fsp3) is 0.0833. The molecule has 0 N–H and O–H groups in total. The fourth-order valence-electron chi connectivity index (χ4n) is 2.57. The van der Waals surface area contributed by atoms with E-state index in [9.17, 15) is 0 Å². The lowest BCUT2D eigenvalue weighted by atomic mass is 9.94. The summed E-state index contributed by atoms with van der Waals surface area (Å²) in [7, 11) is 0. The van der Waals surface area contributed by atoms with Crippen LogP contribution in [0.1, 0.15) is 29.0 Å². The molecule has 0 aliphatic heterocycles. The highest BCUT2D eigenvalue weighted by molar-refractivity contribution is 5.51. The van der Waals surface area contributed by atoms with Crippen LogP contribution in [-0.4, -0.2) is 0 Å². The Morgan fingerprint density at radius 3 is 1.96 bits per heavy atom. The lowest BCUT2D eigenvalue weighted by Crippen LogP contribution is -1.93. The van der Waals surface area contributed by atoms with Gasteiger partial charge in [-0.15, -0.1) is 0 Å². The third kappa shape index (κ3) is 4.73. The van der Waals surface area contributed by atoms with E-state index in [-0.39, 0.29) is 0 Å². The molecule has 0 heterocycles. The van der Waals surface area contributed by atoms with E-state index in [1.54, 1.807) is 0 Å². The number of rotatable bonds is 4. The maximum atomic E-state index is 3.34. The molecule has 0 aliphatic carbocycles. The maximum absolute atomic E-state index is 3.34. The zero-order valence-electron chi connectivity index (χ0n) is 13.6. The molecule has 0 aliphatic rings. The minimum absolute atomic E-state index is 0.294. The summed E-state index contributed by atoms with van der Waals surface area (Å²) in [5.74, 6) is 6.89. The van der Waals surface area contributed by atoms with Gasteiger partial charge in [0.05, 0.1) is 0 Å². The van der Waals surface area contributed by atoms with Crippen LogP contribution in [0.5, 0.6) is 0 Å². The van der Waals surface area contributed by atoms with Crippen molar-refractivity contribution in [2.45, 2.75) is 12.3 Å². The van der Waals surface area contributed by atoms with E-state index in [0.717, 1.165) is 12.0 Å². The molecule has 0 heteroatoms. The van der Waals surface area contributed by atoms with E-state index >= 15 is 0 Å². The van der Waals surface area contributed by atoms with E-state index in [4.69, 9.17) is 0 Å². The lowest BCUT2D eigenvalue weighted by molar-refractivity contribution is 0.886. The number of hydrogen-bond acceptors (Lipinski definition) is 0. The molecule has 3 aromatic carbocycles. The Hall–Kier alpha value is -3.04. The normalized spacial score (nSPS) is 11.7. The van der Waals surface area contributed by atoms with Gasteiger partial charge < -0.3 is 0 Å². The molecule has 0 aromatic heterocycles. The van der Waals surface area contributed by atoms with Gasteiger partial charge >= 0.3 is 0 Å². The Kier molecular flexibility index (Phi) is 5.65. The van der Waals surface area contributed by atoms with Gasteiger partial charge in [-0.25, -0.2) is 0 Å². The van der Waals surface area contributed by atoms with Crippen LogP contribution in [0.3, 0.4) is 0 Å². The summed E-state index contributed by atoms with van der Waals surface area (Å²) in [5, 5.41) is 0. The molecule has 1 atom stereocenters. The Morgan fingerprint density at radius 2 is 1.29 bits per heavy atom. The van der Waals surface area contributed by atoms with Gasteiger partial charge in [-0.2, -0.15) is 0 Å². The number of allylic oxidation sites excluding steroid dienone is 1. The standard InChI is InChI=1S/C24H20/c1-4-11-21(12-5-1)15-10-18-24(23-16-8-3-9-17-23)20-19-22-13-6-2-7-14-22/h1-9,11-14,16-17,19-20,24H,18H2/b20-19+. The zero-order chi connectivity index (χ0) is 16.5. The first-order valence-corrected chi connectivity index (χ1v) is 8.24. The lowest BCUT2D eigenvalue weighted by Gasteiger charge is -2.09. The van der Waals surface area contributed by atoms with Crippen LogP contribution in [0.4, 0.5) is 0 Å². The molecule has 3 aromatic rings. The summed E-state index contributed by atoms with van der Waals surface area (Å²) in [6.45, 7) is 0. The minimum atomic E-state index is 0.294. The monoisotopic (exact) mass is 308 g/mol. The zero-order valence-corrected chi connectivity index (χ0v) is 13.6. The molecular formula is C24H20. The van der Waals surface area contributed by atoms with Crippen molar-refractivity contribution in [3.05, 3.63) is 114 Å². The van der Waals surface area contributed by atoms with Gasteiger partial charge in [-0.05, 0) is 23.3 Å². The molecule has 0 radical (unpaired) electrons. The topological polar surface area (TPSA) is 0 Å². The van der Waals surface area contributed by atoms with Crippen LogP contribution in [0.2, 0.25) is 0 Å². The summed E-state index contributed by atoms with van der Waals surface area (Å²) in [6.07, 6.45) is 5.24. The van der Waals surface area contributed by atoms with Crippen LogP contribution in [0.25, 0.3) is 6.08 Å². The third-order valence-corrected chi connectivity index (χ3v) is 3.88. The molecule has 0 saturated heterocycles. The Bertz CT molecular complexity index is 819. The quantitative estimate of drug-likeness (QED) is 0.524. The van der Waals surface area contributed by atoms with E-state index in [0.29, 0.717) is 5.92 Å². The molecule has 3 rings (SSSR count). The number of hydrogen-bond donors (Lipinski definition) is 0. The van der Waals surface area contributed by atoms with Gasteiger partial charge in [0, 0.05) is 17.9 Å². The molecule has 0 amide bonds. The largest absolute Gasteiger partial charge is 0.0969 e. The van der Waals surface area contributed by atoms with Crippen molar-refractivity contribution in [2.75, 3.05) is 0 Å². The van der Waals surface area contributed by atoms with Crippen molar-refractivity contribution in [3.8, 4) is 11.8 Å². The molecule has 0 fully saturated rings. The van der Waals surface area contributed by atoms with Crippen LogP contribution >= 0.6 is 0 Å². The SMILES string of the molecule is C(#Cc1ccccc1)CC(/C=C/c1ccccc1)c1ccccc1. The second-order valence-electron chi connectivity index (χ2n) is 5.66.